The molecule has 101 valence electrons. The number of hydrogen-bond donors (Lipinski definition) is 0. The fourth-order valence-electron chi connectivity index (χ4n) is 1.41. The molecule has 0 fully saturated rings. The van der Waals surface area contributed by atoms with Crippen molar-refractivity contribution in [3.8, 4) is 16.3 Å². The highest BCUT2D eigenvalue weighted by Gasteiger charge is 2.30. The van der Waals surface area contributed by atoms with Crippen LogP contribution >= 0.6 is 11.3 Å². The minimum atomic E-state index is -4.68. The zero-order chi connectivity index (χ0) is 13.9. The van der Waals surface area contributed by atoms with Gasteiger partial charge in [-0.1, -0.05) is 0 Å². The molecule has 19 heavy (non-hydrogen) atoms. The SMILES string of the molecule is [CH2]OCc1csc(-c2ccc(OC(F)(F)F)cc2)n1. The molecule has 2 rings (SSSR count). The number of hydrogen-bond acceptors (Lipinski definition) is 4. The molecule has 1 aromatic heterocycles. The third kappa shape index (κ3) is 3.93. The lowest BCUT2D eigenvalue weighted by atomic mass is 10.2. The maximum atomic E-state index is 12.0. The zero-order valence-corrected chi connectivity index (χ0v) is 10.4. The third-order valence-electron chi connectivity index (χ3n) is 2.14. The molecule has 1 radical (unpaired) electrons. The molecule has 0 atom stereocenters. The Labute approximate surface area is 111 Å². The summed E-state index contributed by atoms with van der Waals surface area (Å²) in [6.45, 7) is 0.297. The first-order valence-corrected chi connectivity index (χ1v) is 6.03. The van der Waals surface area contributed by atoms with Crippen molar-refractivity contribution >= 4 is 11.3 Å². The van der Waals surface area contributed by atoms with E-state index in [4.69, 9.17) is 4.74 Å². The summed E-state index contributed by atoms with van der Waals surface area (Å²) in [7, 11) is 3.25. The number of halogens is 3. The summed E-state index contributed by atoms with van der Waals surface area (Å²) in [5.74, 6) is -0.255. The summed E-state index contributed by atoms with van der Waals surface area (Å²) in [5.41, 5.74) is 1.44. The van der Waals surface area contributed by atoms with Crippen LogP contribution in [0.3, 0.4) is 0 Å². The fraction of sp³-hybridized carbons (Fsp3) is 0.167. The van der Waals surface area contributed by atoms with Crippen molar-refractivity contribution in [1.29, 1.82) is 0 Å². The first kappa shape index (κ1) is 13.8. The van der Waals surface area contributed by atoms with Gasteiger partial charge in [-0.05, 0) is 24.3 Å². The lowest BCUT2D eigenvalue weighted by molar-refractivity contribution is -0.274. The van der Waals surface area contributed by atoms with Crippen molar-refractivity contribution in [3.05, 3.63) is 42.4 Å². The van der Waals surface area contributed by atoms with Gasteiger partial charge in [-0.3, -0.25) is 0 Å². The van der Waals surface area contributed by atoms with Gasteiger partial charge in [0.2, 0.25) is 0 Å². The minimum absolute atomic E-state index is 0.255. The molecule has 7 heteroatoms. The van der Waals surface area contributed by atoms with Crippen LogP contribution in [0.25, 0.3) is 10.6 Å². The number of thiazole rings is 1. The summed E-state index contributed by atoms with van der Waals surface area (Å²) >= 11 is 1.38. The van der Waals surface area contributed by atoms with Crippen molar-refractivity contribution in [3.63, 3.8) is 0 Å². The molecule has 0 saturated heterocycles. The molecule has 0 aliphatic heterocycles. The predicted molar refractivity (Wildman–Crippen MR) is 64.4 cm³/mol. The topological polar surface area (TPSA) is 31.4 Å². The zero-order valence-electron chi connectivity index (χ0n) is 9.61. The number of benzene rings is 1. The van der Waals surface area contributed by atoms with Gasteiger partial charge in [0, 0.05) is 10.9 Å². The molecule has 1 heterocycles. The van der Waals surface area contributed by atoms with Crippen LogP contribution < -0.4 is 4.74 Å². The van der Waals surface area contributed by atoms with Gasteiger partial charge < -0.3 is 9.47 Å². The van der Waals surface area contributed by atoms with Crippen LogP contribution in [0.2, 0.25) is 0 Å². The predicted octanol–water partition coefficient (Wildman–Crippen LogP) is 4.02. The van der Waals surface area contributed by atoms with Crippen LogP contribution in [0, 0.1) is 7.11 Å². The monoisotopic (exact) mass is 288 g/mol. The van der Waals surface area contributed by atoms with Gasteiger partial charge in [0.25, 0.3) is 0 Å². The standard InChI is InChI=1S/C12H9F3NO2S/c1-17-6-9-7-19-11(16-9)8-2-4-10(5-3-8)18-12(13,14)15/h2-5,7H,1,6H2. The van der Waals surface area contributed by atoms with Gasteiger partial charge in [0.1, 0.15) is 10.8 Å². The van der Waals surface area contributed by atoms with E-state index >= 15 is 0 Å². The average molecular weight is 288 g/mol. The van der Waals surface area contributed by atoms with Crippen LogP contribution in [0.5, 0.6) is 5.75 Å². The fourth-order valence-corrected chi connectivity index (χ4v) is 2.22. The second-order valence-electron chi connectivity index (χ2n) is 3.56. The summed E-state index contributed by atoms with van der Waals surface area (Å²) in [6.07, 6.45) is -4.68. The molecule has 2 aromatic rings. The smallest absolute Gasteiger partial charge is 0.406 e. The quantitative estimate of drug-likeness (QED) is 0.851. The number of ether oxygens (including phenoxy) is 2. The molecule has 1 aromatic carbocycles. The van der Waals surface area contributed by atoms with Crippen LogP contribution in [0.4, 0.5) is 13.2 Å². The van der Waals surface area contributed by atoms with Gasteiger partial charge >= 0.3 is 6.36 Å². The lowest BCUT2D eigenvalue weighted by Gasteiger charge is -2.08. The third-order valence-corrected chi connectivity index (χ3v) is 3.08. The first-order chi connectivity index (χ1) is 8.98. The van der Waals surface area contributed by atoms with Crippen molar-refractivity contribution in [2.45, 2.75) is 13.0 Å². The maximum absolute atomic E-state index is 12.0. The average Bonchev–Trinajstić information content (AvgIpc) is 2.77. The van der Waals surface area contributed by atoms with E-state index in [9.17, 15) is 13.2 Å². The normalized spacial score (nSPS) is 11.6. The van der Waals surface area contributed by atoms with Crippen LogP contribution in [0.15, 0.2) is 29.6 Å². The van der Waals surface area contributed by atoms with E-state index in [-0.39, 0.29) is 5.75 Å². The highest BCUT2D eigenvalue weighted by atomic mass is 32.1. The van der Waals surface area contributed by atoms with E-state index in [0.717, 1.165) is 11.3 Å². The molecule has 0 aliphatic carbocycles. The lowest BCUT2D eigenvalue weighted by Crippen LogP contribution is -2.16. The molecule has 0 N–H and O–H groups in total. The van der Waals surface area contributed by atoms with Gasteiger partial charge in [0.15, 0.2) is 0 Å². The highest BCUT2D eigenvalue weighted by Crippen LogP contribution is 2.28. The molecule has 0 saturated carbocycles. The molecular formula is C12H9F3NO2S. The second kappa shape index (κ2) is 5.58. The Kier molecular flexibility index (Phi) is 4.06. The maximum Gasteiger partial charge on any atom is 0.573 e. The van der Waals surface area contributed by atoms with Gasteiger partial charge in [-0.15, -0.1) is 24.5 Å². The van der Waals surface area contributed by atoms with E-state index in [1.165, 1.54) is 35.6 Å². The number of nitrogens with zero attached hydrogens (tertiary/aromatic N) is 1. The van der Waals surface area contributed by atoms with Crippen LogP contribution in [-0.2, 0) is 11.3 Å². The van der Waals surface area contributed by atoms with E-state index in [1.807, 2.05) is 0 Å². The Morgan fingerprint density at radius 3 is 2.47 bits per heavy atom. The van der Waals surface area contributed by atoms with E-state index in [2.05, 4.69) is 16.8 Å². The Morgan fingerprint density at radius 2 is 1.89 bits per heavy atom. The first-order valence-electron chi connectivity index (χ1n) is 5.15. The van der Waals surface area contributed by atoms with Crippen molar-refractivity contribution in [2.75, 3.05) is 0 Å². The molecular weight excluding hydrogens is 279 g/mol. The number of alkyl halides is 3. The Hall–Kier alpha value is -1.60. The molecule has 0 amide bonds. The molecule has 0 spiro atoms. The Bertz CT molecular complexity index is 537. The summed E-state index contributed by atoms with van der Waals surface area (Å²) < 4.78 is 44.5. The molecule has 0 bridgehead atoms. The van der Waals surface area contributed by atoms with Crippen LogP contribution in [-0.4, -0.2) is 11.3 Å². The van der Waals surface area contributed by atoms with Crippen molar-refractivity contribution < 1.29 is 22.6 Å². The Balaban J connectivity index is 2.13. The van der Waals surface area contributed by atoms with E-state index < -0.39 is 6.36 Å². The van der Waals surface area contributed by atoms with Gasteiger partial charge in [-0.25, -0.2) is 4.98 Å². The number of rotatable bonds is 4. The summed E-state index contributed by atoms with van der Waals surface area (Å²) in [5, 5.41) is 2.51. The summed E-state index contributed by atoms with van der Waals surface area (Å²) in [6, 6.07) is 5.55. The van der Waals surface area contributed by atoms with E-state index in [0.29, 0.717) is 11.6 Å². The van der Waals surface area contributed by atoms with Crippen molar-refractivity contribution in [1.82, 2.24) is 4.98 Å². The second-order valence-corrected chi connectivity index (χ2v) is 4.42. The van der Waals surface area contributed by atoms with Crippen molar-refractivity contribution in [2.24, 2.45) is 0 Å². The summed E-state index contributed by atoms with van der Waals surface area (Å²) in [4.78, 5) is 4.26. The highest BCUT2D eigenvalue weighted by molar-refractivity contribution is 7.13. The number of aromatic nitrogens is 1. The molecule has 0 aliphatic rings. The molecule has 0 unspecified atom stereocenters. The minimum Gasteiger partial charge on any atom is -0.406 e. The largest absolute Gasteiger partial charge is 0.573 e. The molecule has 3 nitrogen and oxygen atoms in total. The van der Waals surface area contributed by atoms with Gasteiger partial charge in [-0.2, -0.15) is 0 Å². The van der Waals surface area contributed by atoms with Crippen LogP contribution in [0.1, 0.15) is 5.69 Å². The van der Waals surface area contributed by atoms with Gasteiger partial charge in [0.05, 0.1) is 19.4 Å². The van der Waals surface area contributed by atoms with E-state index in [1.54, 1.807) is 5.38 Å². The Morgan fingerprint density at radius 1 is 1.21 bits per heavy atom.